The molecular weight excluding hydrogens is 1020 g/mol. The molecule has 3 nitrogen and oxygen atoms in total. The van der Waals surface area contributed by atoms with Gasteiger partial charge in [-0.05, 0) is 102 Å². The minimum absolute atomic E-state index is 0. The fraction of sp³-hybridized carbons (Fsp3) is 0.509. The Kier molecular flexibility index (Phi) is 17.2. The van der Waals surface area contributed by atoms with E-state index in [1.165, 1.54) is 17.4 Å². The van der Waals surface area contributed by atoms with Crippen molar-refractivity contribution < 1.29 is 56.3 Å². The number of carbonyl (C=O) groups excluding carboxylic acids is 1. The standard InChI is InChI=1S/C38H38F6NS.C15H28O2.Ir/c1-20-14-23(18-35(4,5)6)15-21(2)29(20)32-22(3)30-27(34(37(39,40)41)38(42,43)44)19-45-31(33(30)46-32)25-16-24-12-10-11-13-26(24)28(17-25)36(7,8)9;1-7-14(5,8-2)12(16)11-13(17)15(6,9-3)10-4;/h10-15,17,19,34H,18H2,1-9H3;11,16H,7-10H2,1-6H3;/q-1;;/b;12-11-;. The molecule has 64 heavy (non-hydrogen) atoms. The van der Waals surface area contributed by atoms with Gasteiger partial charge in [0.05, 0.1) is 0 Å². The minimum Gasteiger partial charge on any atom is -0.512 e. The number of aromatic nitrogens is 1. The first-order chi connectivity index (χ1) is 28.9. The summed E-state index contributed by atoms with van der Waals surface area (Å²) in [5.41, 5.74) is 4.23. The normalized spacial score (nSPS) is 13.3. The maximum atomic E-state index is 14.2. The maximum Gasteiger partial charge on any atom is 0.404 e. The number of hydrogen-bond acceptors (Lipinski definition) is 4. The Morgan fingerprint density at radius 1 is 0.797 bits per heavy atom. The zero-order valence-corrected chi connectivity index (χ0v) is 43.3. The number of aliphatic hydroxyl groups excluding tert-OH is 1. The minimum atomic E-state index is -5.56. The number of benzene rings is 3. The topological polar surface area (TPSA) is 50.2 Å². The molecule has 0 aliphatic rings. The summed E-state index contributed by atoms with van der Waals surface area (Å²) in [5.74, 6) is -3.39. The molecule has 0 atom stereocenters. The molecule has 2 heterocycles. The van der Waals surface area contributed by atoms with E-state index in [1.807, 2.05) is 85.7 Å². The number of hydrogen-bond donors (Lipinski definition) is 1. The molecule has 3 aromatic carbocycles. The van der Waals surface area contributed by atoms with Crippen molar-refractivity contribution in [3.05, 3.63) is 99.9 Å². The number of thiophene rings is 1. The Bertz CT molecular complexity index is 2440. The molecule has 5 aromatic rings. The summed E-state index contributed by atoms with van der Waals surface area (Å²) < 4.78 is 85.7. The molecule has 1 radical (unpaired) electrons. The molecule has 0 bridgehead atoms. The number of rotatable bonds is 11. The van der Waals surface area contributed by atoms with Crippen LogP contribution in [-0.2, 0) is 36.7 Å². The molecule has 0 fully saturated rings. The van der Waals surface area contributed by atoms with E-state index >= 15 is 0 Å². The average molecular weight is 1090 g/mol. The number of ketones is 1. The Morgan fingerprint density at radius 3 is 1.78 bits per heavy atom. The zero-order valence-electron chi connectivity index (χ0n) is 40.1. The van der Waals surface area contributed by atoms with Crippen molar-refractivity contribution in [2.75, 3.05) is 0 Å². The SMILES string of the molecule is CCC(C)(CC)C(=O)/C=C(\O)C(C)(CC)CC.Cc1cc(CC(C)(C)C)cc(C)c1-c1sc2c(-c3[c-]c4ccccc4c(C(C)(C)C)c3)ncc(C(C(F)(F)F)C(F)(F)F)c2c1C.[Ir]. The zero-order chi connectivity index (χ0) is 47.8. The van der Waals surface area contributed by atoms with Crippen LogP contribution >= 0.6 is 11.3 Å². The van der Waals surface area contributed by atoms with Gasteiger partial charge in [0.15, 0.2) is 11.7 Å². The van der Waals surface area contributed by atoms with Crippen molar-refractivity contribution in [3.63, 3.8) is 0 Å². The van der Waals surface area contributed by atoms with Crippen LogP contribution in [0.4, 0.5) is 26.3 Å². The van der Waals surface area contributed by atoms with E-state index < -0.39 is 23.8 Å². The first-order valence-corrected chi connectivity index (χ1v) is 22.8. The molecule has 0 saturated carbocycles. The predicted molar refractivity (Wildman–Crippen MR) is 251 cm³/mol. The number of aliphatic hydroxyl groups is 1. The van der Waals surface area contributed by atoms with Crippen molar-refractivity contribution in [1.29, 1.82) is 0 Å². The van der Waals surface area contributed by atoms with Gasteiger partial charge in [0, 0.05) is 58.5 Å². The molecule has 0 saturated heterocycles. The van der Waals surface area contributed by atoms with Gasteiger partial charge in [0.25, 0.3) is 0 Å². The summed E-state index contributed by atoms with van der Waals surface area (Å²) in [6.07, 6.45) is -4.76. The van der Waals surface area contributed by atoms with Crippen LogP contribution in [0, 0.1) is 43.1 Å². The molecule has 0 aliphatic carbocycles. The van der Waals surface area contributed by atoms with E-state index in [0.717, 1.165) is 76.9 Å². The Balaban J connectivity index is 0.000000515. The summed E-state index contributed by atoms with van der Waals surface area (Å²) >= 11 is 1.20. The molecule has 0 aliphatic heterocycles. The number of fused-ring (bicyclic) bond motifs is 2. The summed E-state index contributed by atoms with van der Waals surface area (Å²) in [4.78, 5) is 17.2. The summed E-state index contributed by atoms with van der Waals surface area (Å²) in [6.45, 7) is 30.2. The van der Waals surface area contributed by atoms with Crippen molar-refractivity contribution in [1.82, 2.24) is 4.98 Å². The van der Waals surface area contributed by atoms with E-state index in [2.05, 4.69) is 64.7 Å². The first-order valence-electron chi connectivity index (χ1n) is 21.9. The molecule has 2 aromatic heterocycles. The number of carbonyl (C=O) groups is 1. The molecule has 353 valence electrons. The predicted octanol–water partition coefficient (Wildman–Crippen LogP) is 17.3. The average Bonchev–Trinajstić information content (AvgIpc) is 3.50. The van der Waals surface area contributed by atoms with Crippen LogP contribution in [0.25, 0.3) is 42.6 Å². The maximum absolute atomic E-state index is 14.2. The second-order valence-corrected chi connectivity index (χ2v) is 21.0. The number of pyridine rings is 1. The van der Waals surface area contributed by atoms with Crippen LogP contribution in [0.15, 0.2) is 60.5 Å². The monoisotopic (exact) mass is 1090 g/mol. The van der Waals surface area contributed by atoms with Gasteiger partial charge < -0.3 is 5.11 Å². The molecule has 11 heteroatoms. The van der Waals surface area contributed by atoms with Crippen molar-refractivity contribution in [3.8, 4) is 21.7 Å². The largest absolute Gasteiger partial charge is 0.512 e. The third kappa shape index (κ3) is 11.9. The summed E-state index contributed by atoms with van der Waals surface area (Å²) in [5, 5.41) is 11.8. The van der Waals surface area contributed by atoms with Crippen LogP contribution in [0.1, 0.15) is 148 Å². The third-order valence-corrected chi connectivity index (χ3v) is 14.3. The van der Waals surface area contributed by atoms with Crippen LogP contribution in [0.3, 0.4) is 0 Å². The van der Waals surface area contributed by atoms with E-state index in [4.69, 9.17) is 0 Å². The quantitative estimate of drug-likeness (QED) is 0.0621. The summed E-state index contributed by atoms with van der Waals surface area (Å²) in [6, 6.07) is 17.1. The second kappa shape index (κ2) is 20.1. The van der Waals surface area contributed by atoms with Gasteiger partial charge in [-0.25, -0.2) is 0 Å². The smallest absolute Gasteiger partial charge is 0.404 e. The van der Waals surface area contributed by atoms with Gasteiger partial charge in [-0.3, -0.25) is 9.78 Å². The van der Waals surface area contributed by atoms with E-state index in [1.54, 1.807) is 6.92 Å². The van der Waals surface area contributed by atoms with E-state index in [-0.39, 0.29) is 63.4 Å². The number of allylic oxidation sites excluding steroid dienone is 2. The van der Waals surface area contributed by atoms with Gasteiger partial charge in [0.2, 0.25) is 0 Å². The number of aryl methyl sites for hydroxylation is 3. The molecule has 0 spiro atoms. The first kappa shape index (κ1) is 54.8. The second-order valence-electron chi connectivity index (χ2n) is 20.0. The summed E-state index contributed by atoms with van der Waals surface area (Å²) in [7, 11) is 0. The van der Waals surface area contributed by atoms with E-state index in [9.17, 15) is 36.2 Å². The van der Waals surface area contributed by atoms with Gasteiger partial charge >= 0.3 is 12.4 Å². The van der Waals surface area contributed by atoms with Gasteiger partial charge in [0.1, 0.15) is 5.76 Å². The Labute approximate surface area is 394 Å². The van der Waals surface area contributed by atoms with Crippen molar-refractivity contribution in [2.24, 2.45) is 16.2 Å². The Morgan fingerprint density at radius 2 is 1.31 bits per heavy atom. The third-order valence-electron chi connectivity index (χ3n) is 12.9. The number of alkyl halides is 6. The van der Waals surface area contributed by atoms with Crippen LogP contribution in [0.5, 0.6) is 0 Å². The number of nitrogens with zero attached hydrogens (tertiary/aromatic N) is 1. The molecule has 0 unspecified atom stereocenters. The Hall–Kier alpha value is -3.53. The fourth-order valence-electron chi connectivity index (χ4n) is 8.26. The van der Waals surface area contributed by atoms with Gasteiger partial charge in [-0.15, -0.1) is 40.5 Å². The van der Waals surface area contributed by atoms with Crippen molar-refractivity contribution >= 4 is 38.0 Å². The van der Waals surface area contributed by atoms with E-state index in [0.29, 0.717) is 21.7 Å². The van der Waals surface area contributed by atoms with Gasteiger partial charge in [-0.1, -0.05) is 124 Å². The molecule has 1 N–H and O–H groups in total. The van der Waals surface area contributed by atoms with Gasteiger partial charge in [-0.2, -0.15) is 26.3 Å². The number of halogens is 6. The van der Waals surface area contributed by atoms with Crippen LogP contribution < -0.4 is 0 Å². The molecule has 0 amide bonds. The fourth-order valence-corrected chi connectivity index (χ4v) is 9.78. The molecular formula is C53H66F6IrNO2S-. The molecule has 5 rings (SSSR count). The van der Waals surface area contributed by atoms with Crippen LogP contribution in [0.2, 0.25) is 0 Å². The van der Waals surface area contributed by atoms with Crippen LogP contribution in [-0.4, -0.2) is 28.2 Å². The van der Waals surface area contributed by atoms with Crippen molar-refractivity contribution in [2.45, 2.75) is 160 Å².